The van der Waals surface area contributed by atoms with Crippen LogP contribution in [0.2, 0.25) is 0 Å². The zero-order chi connectivity index (χ0) is 16.9. The average molecular weight is 325 g/mol. The van der Waals surface area contributed by atoms with Gasteiger partial charge in [-0.2, -0.15) is 0 Å². The normalized spacial score (nSPS) is 19.2. The third kappa shape index (κ3) is 8.54. The zero-order valence-corrected chi connectivity index (χ0v) is 16.7. The van der Waals surface area contributed by atoms with Crippen molar-refractivity contribution in [2.45, 2.75) is 98.3 Å². The summed E-state index contributed by atoms with van der Waals surface area (Å²) in [6.45, 7) is 14.6. The molecule has 0 aromatic rings. The molecule has 138 valence electrons. The van der Waals surface area contributed by atoms with Gasteiger partial charge >= 0.3 is 0 Å². The average Bonchev–Trinajstić information content (AvgIpc) is 2.61. The second-order valence-corrected chi connectivity index (χ2v) is 7.72. The predicted molar refractivity (Wildman–Crippen MR) is 104 cm³/mol. The molecule has 0 radical (unpaired) electrons. The Morgan fingerprint density at radius 1 is 0.739 bits per heavy atom. The third-order valence-corrected chi connectivity index (χ3v) is 5.76. The zero-order valence-electron chi connectivity index (χ0n) is 16.7. The van der Waals surface area contributed by atoms with Gasteiger partial charge in [-0.05, 0) is 37.5 Å². The van der Waals surface area contributed by atoms with Crippen LogP contribution in [-0.2, 0) is 0 Å². The smallest absolute Gasteiger partial charge is 0.0161 e. The fourth-order valence-corrected chi connectivity index (χ4v) is 3.90. The summed E-state index contributed by atoms with van der Waals surface area (Å²) in [7, 11) is 0. The van der Waals surface area contributed by atoms with Crippen LogP contribution in [0.4, 0.5) is 0 Å². The fourth-order valence-electron chi connectivity index (χ4n) is 3.90. The molecule has 0 N–H and O–H groups in total. The van der Waals surface area contributed by atoms with Crippen molar-refractivity contribution in [2.75, 3.05) is 26.2 Å². The molecular formula is C21H44N2. The van der Waals surface area contributed by atoms with Crippen LogP contribution in [0.15, 0.2) is 0 Å². The van der Waals surface area contributed by atoms with E-state index in [9.17, 15) is 0 Å². The van der Waals surface area contributed by atoms with Gasteiger partial charge < -0.3 is 0 Å². The van der Waals surface area contributed by atoms with Crippen LogP contribution in [0, 0.1) is 11.8 Å². The van der Waals surface area contributed by atoms with Crippen molar-refractivity contribution in [3.8, 4) is 0 Å². The number of hydrazine groups is 1. The Hall–Kier alpha value is -0.0800. The monoisotopic (exact) mass is 324 g/mol. The van der Waals surface area contributed by atoms with Crippen molar-refractivity contribution in [2.24, 2.45) is 11.8 Å². The highest BCUT2D eigenvalue weighted by Gasteiger charge is 2.23. The lowest BCUT2D eigenvalue weighted by Crippen LogP contribution is -2.49. The molecule has 0 aromatic carbocycles. The minimum Gasteiger partial charge on any atom is -0.242 e. The first-order chi connectivity index (χ1) is 11.2. The van der Waals surface area contributed by atoms with Crippen molar-refractivity contribution >= 4 is 0 Å². The summed E-state index contributed by atoms with van der Waals surface area (Å²) in [5, 5.41) is 5.50. The lowest BCUT2D eigenvalue weighted by Gasteiger charge is -2.41. The minimum atomic E-state index is 0.889. The molecule has 1 aliphatic rings. The maximum Gasteiger partial charge on any atom is 0.0161 e. The van der Waals surface area contributed by atoms with E-state index in [-0.39, 0.29) is 0 Å². The minimum absolute atomic E-state index is 0.889. The number of rotatable bonds is 13. The largest absolute Gasteiger partial charge is 0.242 e. The summed E-state index contributed by atoms with van der Waals surface area (Å²) in [5.41, 5.74) is 0. The molecule has 1 fully saturated rings. The first kappa shape index (κ1) is 21.0. The molecule has 2 unspecified atom stereocenters. The molecule has 2 nitrogen and oxygen atoms in total. The summed E-state index contributed by atoms with van der Waals surface area (Å²) in [6.07, 6.45) is 15.2. The lowest BCUT2D eigenvalue weighted by atomic mass is 9.96. The third-order valence-electron chi connectivity index (χ3n) is 5.76. The van der Waals surface area contributed by atoms with E-state index in [4.69, 9.17) is 0 Å². The van der Waals surface area contributed by atoms with Gasteiger partial charge in [0.15, 0.2) is 0 Å². The van der Waals surface area contributed by atoms with Crippen LogP contribution in [0.3, 0.4) is 0 Å². The highest BCUT2D eigenvalue weighted by atomic mass is 15.6. The highest BCUT2D eigenvalue weighted by molar-refractivity contribution is 4.71. The standard InChI is InChI=1S/C21H44N2/c1-5-9-14-20(7-3)18-23(22-16-12-11-13-17-22)19-21(8-4)15-10-6-2/h20-21H,5-19H2,1-4H3. The number of hydrogen-bond acceptors (Lipinski definition) is 2. The molecule has 0 spiro atoms. The molecule has 1 heterocycles. The molecular weight excluding hydrogens is 280 g/mol. The number of nitrogens with zero attached hydrogens (tertiary/aromatic N) is 2. The van der Waals surface area contributed by atoms with Crippen LogP contribution in [0.5, 0.6) is 0 Å². The first-order valence-electron chi connectivity index (χ1n) is 10.7. The number of piperidine rings is 1. The molecule has 1 aliphatic heterocycles. The van der Waals surface area contributed by atoms with Crippen LogP contribution in [-0.4, -0.2) is 36.2 Å². The van der Waals surface area contributed by atoms with E-state index >= 15 is 0 Å². The molecule has 0 aromatic heterocycles. The van der Waals surface area contributed by atoms with Crippen LogP contribution in [0.25, 0.3) is 0 Å². The summed E-state index contributed by atoms with van der Waals surface area (Å²) >= 11 is 0. The van der Waals surface area contributed by atoms with Crippen LogP contribution in [0.1, 0.15) is 98.3 Å². The van der Waals surface area contributed by atoms with E-state index in [1.807, 2.05) is 0 Å². The Kier molecular flexibility index (Phi) is 12.1. The summed E-state index contributed by atoms with van der Waals surface area (Å²) in [5.74, 6) is 1.78. The summed E-state index contributed by atoms with van der Waals surface area (Å²) < 4.78 is 0. The highest BCUT2D eigenvalue weighted by Crippen LogP contribution is 2.22. The van der Waals surface area contributed by atoms with E-state index < -0.39 is 0 Å². The van der Waals surface area contributed by atoms with Gasteiger partial charge in [0.25, 0.3) is 0 Å². The van der Waals surface area contributed by atoms with Gasteiger partial charge in [-0.25, -0.2) is 10.0 Å². The van der Waals surface area contributed by atoms with E-state index in [0.29, 0.717) is 0 Å². The van der Waals surface area contributed by atoms with E-state index in [1.165, 1.54) is 96.8 Å². The molecule has 1 saturated heterocycles. The van der Waals surface area contributed by atoms with Gasteiger partial charge in [-0.3, -0.25) is 0 Å². The molecule has 2 heteroatoms. The Bertz CT molecular complexity index is 243. The SMILES string of the molecule is CCCCC(CC)CN(CC(CC)CCCC)N1CCCCC1. The molecule has 0 amide bonds. The summed E-state index contributed by atoms with van der Waals surface area (Å²) in [4.78, 5) is 0. The van der Waals surface area contributed by atoms with Crippen molar-refractivity contribution < 1.29 is 0 Å². The Labute approximate surface area is 147 Å². The molecule has 0 bridgehead atoms. The fraction of sp³-hybridized carbons (Fsp3) is 1.00. The molecule has 23 heavy (non-hydrogen) atoms. The van der Waals surface area contributed by atoms with Crippen molar-refractivity contribution in [1.82, 2.24) is 10.0 Å². The summed E-state index contributed by atoms with van der Waals surface area (Å²) in [6, 6.07) is 0. The predicted octanol–water partition coefficient (Wildman–Crippen LogP) is 6.12. The van der Waals surface area contributed by atoms with Gasteiger partial charge in [-0.1, -0.05) is 72.6 Å². The number of unbranched alkanes of at least 4 members (excludes halogenated alkanes) is 2. The Morgan fingerprint density at radius 2 is 1.22 bits per heavy atom. The maximum atomic E-state index is 2.78. The maximum absolute atomic E-state index is 2.78. The molecule has 2 atom stereocenters. The lowest BCUT2D eigenvalue weighted by molar-refractivity contribution is -0.0626. The van der Waals surface area contributed by atoms with Crippen molar-refractivity contribution in [3.63, 3.8) is 0 Å². The first-order valence-corrected chi connectivity index (χ1v) is 10.7. The second kappa shape index (κ2) is 13.2. The van der Waals surface area contributed by atoms with E-state index in [2.05, 4.69) is 37.7 Å². The second-order valence-electron chi connectivity index (χ2n) is 7.72. The van der Waals surface area contributed by atoms with Gasteiger partial charge in [0.2, 0.25) is 0 Å². The quantitative estimate of drug-likeness (QED) is 0.402. The Morgan fingerprint density at radius 3 is 1.61 bits per heavy atom. The van der Waals surface area contributed by atoms with Gasteiger partial charge in [0.05, 0.1) is 0 Å². The van der Waals surface area contributed by atoms with Gasteiger partial charge in [-0.15, -0.1) is 0 Å². The van der Waals surface area contributed by atoms with E-state index in [1.54, 1.807) is 0 Å². The van der Waals surface area contributed by atoms with Crippen LogP contribution < -0.4 is 0 Å². The molecule has 1 rings (SSSR count). The van der Waals surface area contributed by atoms with Crippen LogP contribution >= 0.6 is 0 Å². The van der Waals surface area contributed by atoms with E-state index in [0.717, 1.165) is 11.8 Å². The van der Waals surface area contributed by atoms with Crippen molar-refractivity contribution in [1.29, 1.82) is 0 Å². The molecule has 0 aliphatic carbocycles. The number of hydrogen-bond donors (Lipinski definition) is 0. The van der Waals surface area contributed by atoms with Gasteiger partial charge in [0.1, 0.15) is 0 Å². The Balaban J connectivity index is 2.62. The van der Waals surface area contributed by atoms with Crippen molar-refractivity contribution in [3.05, 3.63) is 0 Å². The topological polar surface area (TPSA) is 6.48 Å². The van der Waals surface area contributed by atoms with Gasteiger partial charge in [0, 0.05) is 26.2 Å². The molecule has 0 saturated carbocycles.